The van der Waals surface area contributed by atoms with Crippen LogP contribution in [0.25, 0.3) is 0 Å². The molecule has 27 heavy (non-hydrogen) atoms. The Labute approximate surface area is 158 Å². The van der Waals surface area contributed by atoms with E-state index in [0.717, 1.165) is 31.2 Å². The normalized spacial score (nSPS) is 13.8. The van der Waals surface area contributed by atoms with E-state index in [1.807, 2.05) is 30.3 Å². The average Bonchev–Trinajstić information content (AvgIpc) is 3.20. The minimum absolute atomic E-state index is 0.176. The van der Waals surface area contributed by atoms with Crippen LogP contribution in [0, 0.1) is 0 Å². The first-order chi connectivity index (χ1) is 13.1. The van der Waals surface area contributed by atoms with Gasteiger partial charge in [0.15, 0.2) is 0 Å². The van der Waals surface area contributed by atoms with Crippen molar-refractivity contribution in [3.05, 3.63) is 65.7 Å². The van der Waals surface area contributed by atoms with Crippen LogP contribution in [-0.4, -0.2) is 23.8 Å². The van der Waals surface area contributed by atoms with Crippen molar-refractivity contribution < 1.29 is 14.4 Å². The largest absolute Gasteiger partial charge is 0.349 e. The summed E-state index contributed by atoms with van der Waals surface area (Å²) in [5.74, 6) is -1.78. The van der Waals surface area contributed by atoms with Crippen molar-refractivity contribution in [1.29, 1.82) is 0 Å². The first-order valence-corrected chi connectivity index (χ1v) is 9.16. The number of carbonyl (C=O) groups excluding carboxylic acids is 3. The van der Waals surface area contributed by atoms with Crippen LogP contribution < -0.4 is 16.0 Å². The average molecular weight is 365 g/mol. The second-order valence-electron chi connectivity index (χ2n) is 6.62. The molecule has 140 valence electrons. The van der Waals surface area contributed by atoms with Gasteiger partial charge in [-0.15, -0.1) is 0 Å². The van der Waals surface area contributed by atoms with Crippen LogP contribution >= 0.6 is 0 Å². The second-order valence-corrected chi connectivity index (χ2v) is 6.62. The van der Waals surface area contributed by atoms with Crippen LogP contribution in [0.2, 0.25) is 0 Å². The van der Waals surface area contributed by atoms with Crippen LogP contribution in [0.5, 0.6) is 0 Å². The van der Waals surface area contributed by atoms with E-state index in [9.17, 15) is 14.4 Å². The quantitative estimate of drug-likeness (QED) is 0.712. The Morgan fingerprint density at radius 1 is 0.852 bits per heavy atom. The van der Waals surface area contributed by atoms with Crippen LogP contribution in [0.15, 0.2) is 54.6 Å². The molecule has 0 saturated heterocycles. The van der Waals surface area contributed by atoms with Crippen molar-refractivity contribution in [3.8, 4) is 0 Å². The van der Waals surface area contributed by atoms with Gasteiger partial charge in [-0.25, -0.2) is 0 Å². The van der Waals surface area contributed by atoms with Crippen LogP contribution in [0.1, 0.15) is 41.6 Å². The molecule has 0 aliphatic heterocycles. The zero-order valence-corrected chi connectivity index (χ0v) is 15.0. The number of hydrogen-bond acceptors (Lipinski definition) is 3. The van der Waals surface area contributed by atoms with Gasteiger partial charge < -0.3 is 16.0 Å². The van der Waals surface area contributed by atoms with Gasteiger partial charge in [0.25, 0.3) is 5.91 Å². The second kappa shape index (κ2) is 8.98. The fourth-order valence-corrected chi connectivity index (χ4v) is 3.16. The van der Waals surface area contributed by atoms with Gasteiger partial charge in [-0.1, -0.05) is 55.3 Å². The van der Waals surface area contributed by atoms with Gasteiger partial charge in [0.05, 0.1) is 11.3 Å². The highest BCUT2D eigenvalue weighted by molar-refractivity contribution is 6.40. The molecule has 1 fully saturated rings. The first kappa shape index (κ1) is 18.6. The fraction of sp³-hybridized carbons (Fsp3) is 0.286. The Balaban J connectivity index is 1.60. The predicted octanol–water partition coefficient (Wildman–Crippen LogP) is 2.61. The Kier molecular flexibility index (Phi) is 6.20. The van der Waals surface area contributed by atoms with Crippen molar-refractivity contribution in [2.45, 2.75) is 38.3 Å². The Morgan fingerprint density at radius 2 is 1.52 bits per heavy atom. The lowest BCUT2D eigenvalue weighted by atomic mass is 10.1. The third-order valence-electron chi connectivity index (χ3n) is 4.61. The van der Waals surface area contributed by atoms with E-state index in [2.05, 4.69) is 16.0 Å². The summed E-state index contributed by atoms with van der Waals surface area (Å²) >= 11 is 0. The van der Waals surface area contributed by atoms with E-state index in [4.69, 9.17) is 0 Å². The molecule has 0 unspecified atom stereocenters. The number of anilines is 1. The Hall–Kier alpha value is -3.15. The van der Waals surface area contributed by atoms with Gasteiger partial charge in [-0.2, -0.15) is 0 Å². The molecule has 3 amide bonds. The van der Waals surface area contributed by atoms with Gasteiger partial charge in [0.1, 0.15) is 0 Å². The van der Waals surface area contributed by atoms with Crippen molar-refractivity contribution >= 4 is 23.4 Å². The molecule has 1 aliphatic carbocycles. The standard InChI is InChI=1S/C21H23N3O3/c25-19(23-16-10-4-5-11-16)17-12-6-7-13-18(17)24-21(27)20(26)22-14-15-8-2-1-3-9-15/h1-3,6-9,12-13,16H,4-5,10-11,14H2,(H,22,26)(H,23,25)(H,24,27). The van der Waals surface area contributed by atoms with Gasteiger partial charge >= 0.3 is 11.8 Å². The van der Waals surface area contributed by atoms with E-state index in [-0.39, 0.29) is 18.5 Å². The predicted molar refractivity (Wildman–Crippen MR) is 103 cm³/mol. The van der Waals surface area contributed by atoms with Crippen molar-refractivity contribution in [1.82, 2.24) is 10.6 Å². The topological polar surface area (TPSA) is 87.3 Å². The number of nitrogens with one attached hydrogen (secondary N) is 3. The van der Waals surface area contributed by atoms with Gasteiger partial charge in [0, 0.05) is 12.6 Å². The number of carbonyl (C=O) groups is 3. The van der Waals surface area contributed by atoms with Gasteiger partial charge in [0.2, 0.25) is 0 Å². The summed E-state index contributed by atoms with van der Waals surface area (Å²) in [6.07, 6.45) is 4.18. The summed E-state index contributed by atoms with van der Waals surface area (Å²) in [5.41, 5.74) is 1.58. The number of amides is 3. The number of para-hydroxylation sites is 1. The molecule has 3 N–H and O–H groups in total. The molecular weight excluding hydrogens is 342 g/mol. The number of rotatable bonds is 5. The zero-order valence-electron chi connectivity index (χ0n) is 15.0. The maximum absolute atomic E-state index is 12.5. The van der Waals surface area contributed by atoms with E-state index in [1.54, 1.807) is 24.3 Å². The lowest BCUT2D eigenvalue weighted by Gasteiger charge is -2.15. The molecular formula is C21H23N3O3. The smallest absolute Gasteiger partial charge is 0.313 e. The maximum atomic E-state index is 12.5. The SMILES string of the molecule is O=C(NCc1ccccc1)C(=O)Nc1ccccc1C(=O)NC1CCCC1. The third-order valence-corrected chi connectivity index (χ3v) is 4.61. The zero-order chi connectivity index (χ0) is 19.1. The third kappa shape index (κ3) is 5.17. The van der Waals surface area contributed by atoms with Gasteiger partial charge in [-0.3, -0.25) is 14.4 Å². The van der Waals surface area contributed by atoms with E-state index >= 15 is 0 Å². The summed E-state index contributed by atoms with van der Waals surface area (Å²) in [6, 6.07) is 16.2. The molecule has 0 atom stereocenters. The summed E-state index contributed by atoms with van der Waals surface area (Å²) in [7, 11) is 0. The van der Waals surface area contributed by atoms with Gasteiger partial charge in [-0.05, 0) is 30.5 Å². The Bertz CT molecular complexity index is 814. The molecule has 0 bridgehead atoms. The van der Waals surface area contributed by atoms with Crippen molar-refractivity contribution in [3.63, 3.8) is 0 Å². The number of benzene rings is 2. The lowest BCUT2D eigenvalue weighted by Crippen LogP contribution is -2.36. The minimum Gasteiger partial charge on any atom is -0.349 e. The van der Waals surface area contributed by atoms with Crippen LogP contribution in [-0.2, 0) is 16.1 Å². The highest BCUT2D eigenvalue weighted by atomic mass is 16.2. The van der Waals surface area contributed by atoms with Crippen LogP contribution in [0.4, 0.5) is 5.69 Å². The molecule has 1 saturated carbocycles. The lowest BCUT2D eigenvalue weighted by molar-refractivity contribution is -0.136. The molecule has 3 rings (SSSR count). The molecule has 6 heteroatoms. The summed E-state index contributed by atoms with van der Waals surface area (Å²) in [4.78, 5) is 36.8. The molecule has 6 nitrogen and oxygen atoms in total. The first-order valence-electron chi connectivity index (χ1n) is 9.16. The number of hydrogen-bond donors (Lipinski definition) is 3. The summed E-state index contributed by atoms with van der Waals surface area (Å²) < 4.78 is 0. The summed E-state index contributed by atoms with van der Waals surface area (Å²) in [6.45, 7) is 0.261. The molecule has 0 spiro atoms. The summed E-state index contributed by atoms with van der Waals surface area (Å²) in [5, 5.41) is 8.11. The molecule has 2 aromatic rings. The molecule has 2 aromatic carbocycles. The highest BCUT2D eigenvalue weighted by Crippen LogP contribution is 2.20. The van der Waals surface area contributed by atoms with E-state index in [1.165, 1.54) is 0 Å². The van der Waals surface area contributed by atoms with Crippen molar-refractivity contribution in [2.75, 3.05) is 5.32 Å². The van der Waals surface area contributed by atoms with E-state index in [0.29, 0.717) is 11.3 Å². The molecule has 0 aromatic heterocycles. The minimum atomic E-state index is -0.799. The maximum Gasteiger partial charge on any atom is 0.313 e. The molecule has 0 radical (unpaired) electrons. The van der Waals surface area contributed by atoms with Crippen molar-refractivity contribution in [2.24, 2.45) is 0 Å². The Morgan fingerprint density at radius 3 is 2.26 bits per heavy atom. The monoisotopic (exact) mass is 365 g/mol. The highest BCUT2D eigenvalue weighted by Gasteiger charge is 2.21. The molecule has 1 aliphatic rings. The van der Waals surface area contributed by atoms with Crippen LogP contribution in [0.3, 0.4) is 0 Å². The fourth-order valence-electron chi connectivity index (χ4n) is 3.16. The van der Waals surface area contributed by atoms with E-state index < -0.39 is 11.8 Å². The molecule has 0 heterocycles.